The summed E-state index contributed by atoms with van der Waals surface area (Å²) in [5.41, 5.74) is -2.27. The minimum atomic E-state index is -4.98. The van der Waals surface area contributed by atoms with Gasteiger partial charge in [-0.15, -0.1) is 0 Å². The Morgan fingerprint density at radius 3 is 2.14 bits per heavy atom. The molecule has 0 unspecified atom stereocenters. The van der Waals surface area contributed by atoms with Crippen LogP contribution in [0.2, 0.25) is 0 Å². The van der Waals surface area contributed by atoms with E-state index in [-0.39, 0.29) is 23.1 Å². The van der Waals surface area contributed by atoms with Gasteiger partial charge in [-0.1, -0.05) is 30.3 Å². The number of benzene rings is 2. The number of halogens is 6. The molecular weight excluding hydrogens is 494 g/mol. The molecule has 0 spiro atoms. The smallest absolute Gasteiger partial charge is 0.346 e. The summed E-state index contributed by atoms with van der Waals surface area (Å²) in [6.45, 7) is 1.10. The van der Waals surface area contributed by atoms with Crippen LogP contribution in [0.4, 0.5) is 26.3 Å². The quantitative estimate of drug-likeness (QED) is 0.358. The van der Waals surface area contributed by atoms with E-state index in [0.29, 0.717) is 18.9 Å². The molecule has 1 saturated carbocycles. The van der Waals surface area contributed by atoms with Crippen molar-refractivity contribution >= 4 is 5.91 Å². The molecule has 0 atom stereocenters. The van der Waals surface area contributed by atoms with Gasteiger partial charge in [-0.05, 0) is 85.0 Å². The largest absolute Gasteiger partial charge is 0.416 e. The highest BCUT2D eigenvalue weighted by Crippen LogP contribution is 2.44. The molecule has 3 aromatic rings. The van der Waals surface area contributed by atoms with E-state index in [1.807, 2.05) is 42.5 Å². The highest BCUT2D eigenvalue weighted by atomic mass is 19.4. The molecule has 1 aliphatic carbocycles. The van der Waals surface area contributed by atoms with Crippen LogP contribution in [-0.2, 0) is 29.1 Å². The first-order chi connectivity index (χ1) is 17.4. The number of alkyl halides is 6. The molecule has 196 valence electrons. The summed E-state index contributed by atoms with van der Waals surface area (Å²) in [4.78, 5) is 17.3. The van der Waals surface area contributed by atoms with Gasteiger partial charge < -0.3 is 5.32 Å². The normalized spacial score (nSPS) is 20.5. The molecule has 9 heteroatoms. The Balaban J connectivity index is 1.61. The van der Waals surface area contributed by atoms with Gasteiger partial charge in [0, 0.05) is 12.4 Å². The van der Waals surface area contributed by atoms with Crippen LogP contribution in [0, 0.1) is 6.92 Å². The zero-order chi connectivity index (χ0) is 26.8. The monoisotopic (exact) mass is 520 g/mol. The standard InChI is InChI=1S/C28H26F6N2O/c1-18-21(15-23(27(29,30)31)17-24(18)28(32,33)34)16-25(37)36-26(22-5-3-2-4-6-22)11-7-19(8-12-26)20-9-13-35-14-10-20/h2-6,9-10,13-15,17,19H,7-8,11-12,16H2,1H3,(H,36,37). The highest BCUT2D eigenvalue weighted by molar-refractivity contribution is 5.80. The molecule has 1 aromatic heterocycles. The number of hydrogen-bond donors (Lipinski definition) is 1. The fourth-order valence-corrected chi connectivity index (χ4v) is 5.22. The van der Waals surface area contributed by atoms with Gasteiger partial charge in [-0.2, -0.15) is 26.3 Å². The molecule has 0 saturated heterocycles. The number of carbonyl (C=O) groups is 1. The van der Waals surface area contributed by atoms with Crippen LogP contribution in [0.15, 0.2) is 67.0 Å². The molecule has 1 N–H and O–H groups in total. The molecule has 1 heterocycles. The molecule has 0 radical (unpaired) electrons. The van der Waals surface area contributed by atoms with Crippen molar-refractivity contribution in [1.29, 1.82) is 0 Å². The minimum Gasteiger partial charge on any atom is -0.346 e. The van der Waals surface area contributed by atoms with Crippen molar-refractivity contribution in [2.24, 2.45) is 0 Å². The molecule has 1 fully saturated rings. The van der Waals surface area contributed by atoms with Gasteiger partial charge in [-0.3, -0.25) is 9.78 Å². The average molecular weight is 521 g/mol. The van der Waals surface area contributed by atoms with Crippen molar-refractivity contribution in [3.05, 3.63) is 100 Å². The number of pyridine rings is 1. The van der Waals surface area contributed by atoms with Gasteiger partial charge in [0.1, 0.15) is 0 Å². The van der Waals surface area contributed by atoms with Gasteiger partial charge in [0.05, 0.1) is 23.1 Å². The Morgan fingerprint density at radius 2 is 1.57 bits per heavy atom. The second-order valence-electron chi connectivity index (χ2n) is 9.53. The van der Waals surface area contributed by atoms with Gasteiger partial charge in [0.2, 0.25) is 5.91 Å². The fourth-order valence-electron chi connectivity index (χ4n) is 5.22. The summed E-state index contributed by atoms with van der Waals surface area (Å²) in [5, 5.41) is 3.00. The summed E-state index contributed by atoms with van der Waals surface area (Å²) in [5.74, 6) is -0.362. The van der Waals surface area contributed by atoms with Gasteiger partial charge in [0.15, 0.2) is 0 Å². The van der Waals surface area contributed by atoms with Crippen LogP contribution < -0.4 is 5.32 Å². The molecule has 0 aliphatic heterocycles. The Morgan fingerprint density at radius 1 is 0.946 bits per heavy atom. The summed E-state index contributed by atoms with van der Waals surface area (Å²) >= 11 is 0. The second kappa shape index (κ2) is 10.2. The molecule has 1 aliphatic rings. The van der Waals surface area contributed by atoms with Crippen LogP contribution in [-0.4, -0.2) is 10.9 Å². The zero-order valence-corrected chi connectivity index (χ0v) is 20.1. The summed E-state index contributed by atoms with van der Waals surface area (Å²) in [6, 6.07) is 13.9. The number of carbonyl (C=O) groups excluding carboxylic acids is 1. The first-order valence-electron chi connectivity index (χ1n) is 11.9. The van der Waals surface area contributed by atoms with Crippen molar-refractivity contribution in [2.75, 3.05) is 0 Å². The third kappa shape index (κ3) is 5.97. The predicted molar refractivity (Wildman–Crippen MR) is 127 cm³/mol. The molecule has 4 rings (SSSR count). The number of hydrogen-bond acceptors (Lipinski definition) is 2. The number of nitrogens with zero attached hydrogens (tertiary/aromatic N) is 1. The fraction of sp³-hybridized carbons (Fsp3) is 0.357. The maximum atomic E-state index is 13.5. The van der Waals surface area contributed by atoms with Crippen LogP contribution in [0.3, 0.4) is 0 Å². The van der Waals surface area contributed by atoms with Crippen molar-refractivity contribution in [3.63, 3.8) is 0 Å². The summed E-state index contributed by atoms with van der Waals surface area (Å²) < 4.78 is 80.6. The molecule has 0 bridgehead atoms. The Hall–Kier alpha value is -3.36. The SMILES string of the molecule is Cc1c(CC(=O)NC2(c3ccccc3)CCC(c3ccncc3)CC2)cc(C(F)(F)F)cc1C(F)(F)F. The van der Waals surface area contributed by atoms with E-state index in [4.69, 9.17) is 0 Å². The van der Waals surface area contributed by atoms with Crippen LogP contribution in [0.5, 0.6) is 0 Å². The van der Waals surface area contributed by atoms with Crippen LogP contribution in [0.25, 0.3) is 0 Å². The Bertz CT molecular complexity index is 1230. The first-order valence-corrected chi connectivity index (χ1v) is 11.9. The Kier molecular flexibility index (Phi) is 7.35. The predicted octanol–water partition coefficient (Wildman–Crippen LogP) is 7.34. The number of rotatable bonds is 5. The lowest BCUT2D eigenvalue weighted by atomic mass is 9.71. The lowest BCUT2D eigenvalue weighted by Gasteiger charge is -2.41. The maximum Gasteiger partial charge on any atom is 0.416 e. The zero-order valence-electron chi connectivity index (χ0n) is 20.1. The van der Waals surface area contributed by atoms with Crippen LogP contribution >= 0.6 is 0 Å². The van der Waals surface area contributed by atoms with E-state index in [1.54, 1.807) is 12.4 Å². The van der Waals surface area contributed by atoms with Crippen molar-refractivity contribution in [3.8, 4) is 0 Å². The molecule has 37 heavy (non-hydrogen) atoms. The van der Waals surface area contributed by atoms with Gasteiger partial charge in [-0.25, -0.2) is 0 Å². The second-order valence-corrected chi connectivity index (χ2v) is 9.53. The van der Waals surface area contributed by atoms with Crippen molar-refractivity contribution < 1.29 is 31.1 Å². The van der Waals surface area contributed by atoms with Crippen molar-refractivity contribution in [1.82, 2.24) is 10.3 Å². The molecule has 3 nitrogen and oxygen atoms in total. The number of aromatic nitrogens is 1. The first kappa shape index (κ1) is 26.7. The number of amides is 1. The third-order valence-electron chi connectivity index (χ3n) is 7.22. The van der Waals surface area contributed by atoms with Crippen LogP contribution in [0.1, 0.15) is 65.0 Å². The summed E-state index contributed by atoms with van der Waals surface area (Å²) in [7, 11) is 0. The lowest BCUT2D eigenvalue weighted by molar-refractivity contribution is -0.143. The topological polar surface area (TPSA) is 42.0 Å². The van der Waals surface area contributed by atoms with E-state index in [1.165, 1.54) is 0 Å². The molecular formula is C28H26F6N2O. The average Bonchev–Trinajstić information content (AvgIpc) is 2.85. The molecule has 1 amide bonds. The third-order valence-corrected chi connectivity index (χ3v) is 7.22. The van der Waals surface area contributed by atoms with Gasteiger partial charge >= 0.3 is 12.4 Å². The van der Waals surface area contributed by atoms with Gasteiger partial charge in [0.25, 0.3) is 0 Å². The van der Waals surface area contributed by atoms with E-state index in [0.717, 1.165) is 30.9 Å². The van der Waals surface area contributed by atoms with E-state index < -0.39 is 41.3 Å². The maximum absolute atomic E-state index is 13.5. The van der Waals surface area contributed by atoms with E-state index in [2.05, 4.69) is 10.3 Å². The minimum absolute atomic E-state index is 0.0998. The summed E-state index contributed by atoms with van der Waals surface area (Å²) in [6.07, 6.45) is -4.45. The van der Waals surface area contributed by atoms with Crippen molar-refractivity contribution in [2.45, 2.75) is 62.8 Å². The van der Waals surface area contributed by atoms with E-state index in [9.17, 15) is 31.1 Å². The highest BCUT2D eigenvalue weighted by Gasteiger charge is 2.40. The van der Waals surface area contributed by atoms with E-state index >= 15 is 0 Å². The number of nitrogens with one attached hydrogen (secondary N) is 1. The Labute approximate surface area is 210 Å². The lowest BCUT2D eigenvalue weighted by Crippen LogP contribution is -2.48. The molecule has 2 aromatic carbocycles.